The predicted molar refractivity (Wildman–Crippen MR) is 216 cm³/mol. The number of sulfonamides is 1. The van der Waals surface area contributed by atoms with Gasteiger partial charge in [0.05, 0.1) is 25.1 Å². The maximum absolute atomic E-state index is 14.0. The van der Waals surface area contributed by atoms with Crippen LogP contribution in [0.3, 0.4) is 0 Å². The highest BCUT2D eigenvalue weighted by Crippen LogP contribution is 2.49. The number of nitrogens with zero attached hydrogens (tertiary/aromatic N) is 4. The third-order valence-electron chi connectivity index (χ3n) is 13.8. The normalized spacial score (nSPS) is 34.2. The molecule has 0 radical (unpaired) electrons. The van der Waals surface area contributed by atoms with Gasteiger partial charge < -0.3 is 23.8 Å². The number of halogens is 1. The SMILES string of the molecule is COCC[C@@H]1[C@@H](C)C/C=C/[C@](CN2CCN3CCOC[C@@H]3C2)(OC)[C@@H]2CC[C@H]2CN2C[C@@]3(CCCc4cc(Cl)ccc43)COc3ccc(nc32)C(=O)NS1(=O)=O. The van der Waals surface area contributed by atoms with Crippen molar-refractivity contribution in [2.75, 3.05) is 91.4 Å². The molecule has 0 unspecified atom stereocenters. The lowest BCUT2D eigenvalue weighted by Crippen LogP contribution is -2.62. The summed E-state index contributed by atoms with van der Waals surface area (Å²) in [6, 6.07) is 9.95. The Morgan fingerprint density at radius 2 is 1.98 bits per heavy atom. The molecule has 2 aliphatic carbocycles. The van der Waals surface area contributed by atoms with E-state index < -0.39 is 26.8 Å². The highest BCUT2D eigenvalue weighted by atomic mass is 35.5. The van der Waals surface area contributed by atoms with Crippen LogP contribution in [0.2, 0.25) is 5.02 Å². The van der Waals surface area contributed by atoms with Gasteiger partial charge in [0.15, 0.2) is 11.6 Å². The number of aromatic nitrogens is 1. The van der Waals surface area contributed by atoms with Gasteiger partial charge in [0.25, 0.3) is 5.91 Å². The molecule has 4 aliphatic heterocycles. The maximum Gasteiger partial charge on any atom is 0.283 e. The van der Waals surface area contributed by atoms with E-state index in [0.29, 0.717) is 43.7 Å². The van der Waals surface area contributed by atoms with Gasteiger partial charge in [-0.1, -0.05) is 36.7 Å². The van der Waals surface area contributed by atoms with Crippen LogP contribution in [0.15, 0.2) is 42.5 Å². The maximum atomic E-state index is 14.0. The minimum Gasteiger partial charge on any atom is -0.489 e. The topological polar surface area (TPSA) is 123 Å². The first kappa shape index (κ1) is 40.0. The fourth-order valence-electron chi connectivity index (χ4n) is 10.6. The fraction of sp³-hybridized carbons (Fsp3) is 0.667. The molecular formula is C42H58ClN5O7S. The van der Waals surface area contributed by atoms with E-state index in [0.717, 1.165) is 83.1 Å². The van der Waals surface area contributed by atoms with Crippen LogP contribution in [0.25, 0.3) is 0 Å². The predicted octanol–water partition coefficient (Wildman–Crippen LogP) is 4.70. The number of pyridine rings is 1. The van der Waals surface area contributed by atoms with Gasteiger partial charge in [-0.15, -0.1) is 0 Å². The Hall–Kier alpha value is -2.78. The number of morpholine rings is 1. The van der Waals surface area contributed by atoms with Crippen LogP contribution in [-0.2, 0) is 36.1 Å². The first-order valence-electron chi connectivity index (χ1n) is 20.5. The summed E-state index contributed by atoms with van der Waals surface area (Å²) in [5.74, 6) is 0.592. The second-order valence-electron chi connectivity index (χ2n) is 17.1. The van der Waals surface area contributed by atoms with E-state index in [1.165, 1.54) is 11.1 Å². The van der Waals surface area contributed by atoms with Gasteiger partial charge in [-0.05, 0) is 98.1 Å². The van der Waals surface area contributed by atoms with Crippen molar-refractivity contribution < 1.29 is 32.2 Å². The zero-order chi connectivity index (χ0) is 39.1. The quantitative estimate of drug-likeness (QED) is 0.409. The molecule has 1 spiro atoms. The number of allylic oxidation sites excluding steroid dienone is 1. The summed E-state index contributed by atoms with van der Waals surface area (Å²) in [6.45, 7) is 10.1. The summed E-state index contributed by atoms with van der Waals surface area (Å²) >= 11 is 6.52. The Kier molecular flexibility index (Phi) is 11.8. The van der Waals surface area contributed by atoms with E-state index in [1.54, 1.807) is 19.2 Å². The van der Waals surface area contributed by atoms with Crippen molar-refractivity contribution in [1.82, 2.24) is 19.5 Å². The molecule has 1 aromatic heterocycles. The van der Waals surface area contributed by atoms with E-state index in [-0.39, 0.29) is 41.9 Å². The number of piperazine rings is 1. The molecule has 3 fully saturated rings. The van der Waals surface area contributed by atoms with Crippen molar-refractivity contribution in [3.8, 4) is 5.75 Å². The van der Waals surface area contributed by atoms with Crippen LogP contribution in [0.5, 0.6) is 5.75 Å². The zero-order valence-corrected chi connectivity index (χ0v) is 34.7. The summed E-state index contributed by atoms with van der Waals surface area (Å²) < 4.78 is 55.2. The Balaban J connectivity index is 1.20. The number of amides is 1. The van der Waals surface area contributed by atoms with Crippen molar-refractivity contribution in [2.45, 2.75) is 74.2 Å². The highest BCUT2D eigenvalue weighted by Gasteiger charge is 2.50. The molecule has 7 atom stereocenters. The van der Waals surface area contributed by atoms with Gasteiger partial charge in [-0.3, -0.25) is 14.6 Å². The molecule has 56 heavy (non-hydrogen) atoms. The molecule has 2 aromatic rings. The lowest BCUT2D eigenvalue weighted by molar-refractivity contribution is -0.108. The first-order valence-corrected chi connectivity index (χ1v) is 22.4. The number of fused-ring (bicyclic) bond motifs is 5. The number of carbonyl (C=O) groups excluding carboxylic acids is 1. The molecule has 14 heteroatoms. The number of aryl methyl sites for hydroxylation is 1. The summed E-state index contributed by atoms with van der Waals surface area (Å²) in [5, 5.41) is -0.134. The molecule has 8 rings (SSSR count). The highest BCUT2D eigenvalue weighted by molar-refractivity contribution is 7.90. The number of carbonyl (C=O) groups is 1. The monoisotopic (exact) mass is 811 g/mol. The Morgan fingerprint density at radius 1 is 1.11 bits per heavy atom. The minimum absolute atomic E-state index is 0.0417. The van der Waals surface area contributed by atoms with Crippen molar-refractivity contribution in [3.05, 3.63) is 64.3 Å². The Bertz CT molecular complexity index is 1900. The van der Waals surface area contributed by atoms with E-state index in [2.05, 4.69) is 43.7 Å². The lowest BCUT2D eigenvalue weighted by atomic mass is 9.63. The largest absolute Gasteiger partial charge is 0.489 e. The second kappa shape index (κ2) is 16.5. The zero-order valence-electron chi connectivity index (χ0n) is 33.1. The molecule has 1 N–H and O–H groups in total. The van der Waals surface area contributed by atoms with E-state index >= 15 is 0 Å². The third-order valence-corrected chi connectivity index (χ3v) is 16.0. The third kappa shape index (κ3) is 7.86. The van der Waals surface area contributed by atoms with Gasteiger partial charge in [-0.2, -0.15) is 0 Å². The minimum atomic E-state index is -4.11. The molecule has 1 saturated carbocycles. The number of ether oxygens (including phenoxy) is 4. The van der Waals surface area contributed by atoms with Gasteiger partial charge in [0.2, 0.25) is 10.0 Å². The molecule has 5 heterocycles. The summed E-state index contributed by atoms with van der Waals surface area (Å²) in [6.07, 6.45) is 10.1. The van der Waals surface area contributed by atoms with Crippen LogP contribution in [0, 0.1) is 17.8 Å². The van der Waals surface area contributed by atoms with E-state index in [4.69, 9.17) is 35.5 Å². The standard InChI is InChI=1S/C42H58ClN5O7S/c1-29-6-4-16-42(53-3,27-46-17-18-47-19-21-54-25-33(47)24-46)35-10-8-31(35)23-48-26-41(15-5-7-30-22-32(43)9-11-34(30)41)28-55-37-13-12-36(44-39(37)48)40(49)45-56(50,51)38(29)14-20-52-2/h4,9,11-13,16,22,29,31,33,35,38H,5-8,10,14-15,17-21,23-28H2,1-3H3,(H,45,49)/b16-4+/t29-,31-,33-,35+,38+,41-,42+/m0/s1. The molecule has 1 amide bonds. The smallest absolute Gasteiger partial charge is 0.283 e. The Labute approximate surface area is 337 Å². The summed E-state index contributed by atoms with van der Waals surface area (Å²) in [5.41, 5.74) is 1.61. The fourth-order valence-corrected chi connectivity index (χ4v) is 12.4. The number of methoxy groups -OCH3 is 2. The van der Waals surface area contributed by atoms with Gasteiger partial charge >= 0.3 is 0 Å². The molecule has 12 nitrogen and oxygen atoms in total. The number of hydrogen-bond acceptors (Lipinski definition) is 11. The second-order valence-corrected chi connectivity index (χ2v) is 19.5. The number of nitrogens with one attached hydrogen (secondary N) is 1. The van der Waals surface area contributed by atoms with Gasteiger partial charge in [0.1, 0.15) is 11.3 Å². The van der Waals surface area contributed by atoms with Crippen molar-refractivity contribution in [3.63, 3.8) is 0 Å². The summed E-state index contributed by atoms with van der Waals surface area (Å²) in [7, 11) is -0.714. The molecule has 306 valence electrons. The molecule has 1 aromatic carbocycles. The van der Waals surface area contributed by atoms with Crippen LogP contribution in [0.1, 0.15) is 67.1 Å². The molecular weight excluding hydrogens is 754 g/mol. The van der Waals surface area contributed by atoms with Crippen LogP contribution >= 0.6 is 11.6 Å². The van der Waals surface area contributed by atoms with Crippen molar-refractivity contribution in [2.24, 2.45) is 17.8 Å². The number of benzene rings is 1. The summed E-state index contributed by atoms with van der Waals surface area (Å²) in [4.78, 5) is 26.2. The number of anilines is 1. The Morgan fingerprint density at radius 3 is 2.79 bits per heavy atom. The molecule has 2 bridgehead atoms. The average Bonchev–Trinajstić information content (AvgIpc) is 3.32. The lowest BCUT2D eigenvalue weighted by Gasteiger charge is -2.53. The van der Waals surface area contributed by atoms with Crippen LogP contribution in [-0.4, -0.2) is 132 Å². The van der Waals surface area contributed by atoms with Crippen LogP contribution < -0.4 is 14.4 Å². The molecule has 6 aliphatic rings. The first-order chi connectivity index (χ1) is 27.0. The van der Waals surface area contributed by atoms with Crippen molar-refractivity contribution in [1.29, 1.82) is 0 Å². The number of hydrogen-bond donors (Lipinski definition) is 1. The van der Waals surface area contributed by atoms with E-state index in [1.807, 2.05) is 20.1 Å². The van der Waals surface area contributed by atoms with Gasteiger partial charge in [-0.25, -0.2) is 18.1 Å². The average molecular weight is 812 g/mol. The van der Waals surface area contributed by atoms with E-state index in [9.17, 15) is 13.2 Å². The van der Waals surface area contributed by atoms with Gasteiger partial charge in [0, 0.05) is 83.1 Å². The van der Waals surface area contributed by atoms with Crippen LogP contribution in [0.4, 0.5) is 5.82 Å². The molecule has 2 saturated heterocycles. The number of rotatable bonds is 6. The van der Waals surface area contributed by atoms with Crippen molar-refractivity contribution >= 4 is 33.3 Å².